The lowest BCUT2D eigenvalue weighted by molar-refractivity contribution is 0.572. The molecule has 0 nitrogen and oxygen atoms in total. The molecular weight excluding hydrogens is 346 g/mol. The van der Waals surface area contributed by atoms with Crippen LogP contribution >= 0.6 is 50.2 Å². The highest BCUT2D eigenvalue weighted by Crippen LogP contribution is 2.16. The Kier molecular flexibility index (Phi) is 23.5. The molecule has 0 heterocycles. The van der Waals surface area contributed by atoms with Crippen LogP contribution in [-0.2, 0) is 0 Å². The highest BCUT2D eigenvalue weighted by molar-refractivity contribution is 9.10. The quantitative estimate of drug-likeness (QED) is 0.214. The molecule has 1 unspecified atom stereocenters. The van der Waals surface area contributed by atoms with Gasteiger partial charge in [0.2, 0.25) is 0 Å². The van der Waals surface area contributed by atoms with Crippen LogP contribution in [0.3, 0.4) is 0 Å². The zero-order valence-electron chi connectivity index (χ0n) is 10.2. The molecule has 0 saturated carbocycles. The Bertz CT molecular complexity index is 115. The summed E-state index contributed by atoms with van der Waals surface area (Å²) >= 11 is 19.5. The predicted octanol–water partition coefficient (Wildman–Crippen LogP) is 5.20. The van der Waals surface area contributed by atoms with Crippen LogP contribution in [0.4, 0.5) is 0 Å². The minimum absolute atomic E-state index is 0.172. The maximum absolute atomic E-state index is 5.78. The third-order valence-electron chi connectivity index (χ3n) is 2.31. The van der Waals surface area contributed by atoms with E-state index in [0.717, 1.165) is 21.9 Å². The van der Waals surface area contributed by atoms with Gasteiger partial charge < -0.3 is 0 Å². The first-order valence-electron chi connectivity index (χ1n) is 5.99. The molecule has 0 amide bonds. The van der Waals surface area contributed by atoms with Crippen LogP contribution in [0.2, 0.25) is 0 Å². The zero-order valence-corrected chi connectivity index (χ0v) is 16.0. The fourth-order valence-corrected chi connectivity index (χ4v) is 2.12. The van der Waals surface area contributed by atoms with E-state index >= 15 is 0 Å². The summed E-state index contributed by atoms with van der Waals surface area (Å²) in [4.78, 5) is 0. The van der Waals surface area contributed by atoms with Crippen molar-refractivity contribution in [3.63, 3.8) is 0 Å². The Morgan fingerprint density at radius 1 is 0.812 bits per heavy atom. The molecule has 0 bridgehead atoms. The van der Waals surface area contributed by atoms with Gasteiger partial charge in [0.25, 0.3) is 0 Å². The number of hydrogen-bond acceptors (Lipinski definition) is 0. The molecule has 0 aromatic carbocycles. The van der Waals surface area contributed by atoms with Gasteiger partial charge in [-0.15, -0.1) is 23.2 Å². The molecule has 0 aromatic rings. The molecule has 0 fully saturated rings. The normalized spacial score (nSPS) is 12.0. The van der Waals surface area contributed by atoms with Gasteiger partial charge >= 0.3 is 0 Å². The molecule has 0 spiro atoms. The number of unbranched alkanes of at least 4 members (excludes halogenated alkanes) is 7. The van der Waals surface area contributed by atoms with Gasteiger partial charge in [-0.2, -0.15) is 11.1 Å². The van der Waals surface area contributed by atoms with Gasteiger partial charge in [0, 0.05) is 5.88 Å². The van der Waals surface area contributed by atoms with E-state index in [-0.39, 0.29) is 4.29 Å². The van der Waals surface area contributed by atoms with E-state index in [4.69, 9.17) is 34.3 Å². The Balaban J connectivity index is 0. The molecule has 100 valence electrons. The first-order valence-corrected chi connectivity index (χ1v) is 10.9. The van der Waals surface area contributed by atoms with E-state index in [0.29, 0.717) is 0 Å². The highest BCUT2D eigenvalue weighted by Gasteiger charge is 1.97. The van der Waals surface area contributed by atoms with Crippen molar-refractivity contribution in [2.24, 2.45) is 0 Å². The van der Waals surface area contributed by atoms with Crippen LogP contribution < -0.4 is 0 Å². The molecule has 1 atom stereocenters. The molecule has 0 saturated heterocycles. The van der Waals surface area contributed by atoms with E-state index in [2.05, 4.69) is 15.9 Å². The maximum atomic E-state index is 5.78. The summed E-state index contributed by atoms with van der Waals surface area (Å²) < 4.78 is 0.172. The largest absolute Gasteiger partial charge is 0.181 e. The molecule has 0 aromatic heterocycles. The molecule has 0 rings (SSSR count). The number of hydrogen-bond donors (Lipinski definition) is 0. The monoisotopic (exact) mass is 368 g/mol. The van der Waals surface area contributed by atoms with Crippen molar-refractivity contribution in [1.82, 2.24) is 0 Å². The second kappa shape index (κ2) is 18.9. The third kappa shape index (κ3) is 20.9. The van der Waals surface area contributed by atoms with Crippen molar-refractivity contribution in [2.75, 3.05) is 5.88 Å². The fraction of sp³-hybridized carbons (Fsp3) is 1.00. The molecule has 5 heteroatoms. The van der Waals surface area contributed by atoms with E-state index in [9.17, 15) is 0 Å². The van der Waals surface area contributed by atoms with E-state index in [1.807, 2.05) is 0 Å². The molecule has 0 aliphatic heterocycles. The Morgan fingerprint density at radius 3 is 1.56 bits per heavy atom. The summed E-state index contributed by atoms with van der Waals surface area (Å²) in [6.45, 7) is 0. The molecule has 0 N–H and O–H groups in total. The second-order valence-electron chi connectivity index (χ2n) is 3.70. The van der Waals surface area contributed by atoms with Crippen LogP contribution in [0.5, 0.6) is 0 Å². The number of halogens is 4. The van der Waals surface area contributed by atoms with Gasteiger partial charge in [0.15, 0.2) is 0 Å². The zero-order chi connectivity index (χ0) is 12.6. The lowest BCUT2D eigenvalue weighted by Crippen LogP contribution is -1.86. The fourth-order valence-electron chi connectivity index (χ4n) is 1.45. The van der Waals surface area contributed by atoms with Crippen LogP contribution in [0.25, 0.3) is 0 Å². The van der Waals surface area contributed by atoms with Gasteiger partial charge in [-0.25, -0.2) is 0 Å². The minimum atomic E-state index is 0.172. The van der Waals surface area contributed by atoms with Crippen LogP contribution in [0.15, 0.2) is 0 Å². The maximum Gasteiger partial charge on any atom is 0.109 e. The van der Waals surface area contributed by atoms with Crippen LogP contribution in [-0.4, -0.2) is 19.7 Å². The van der Waals surface area contributed by atoms with Gasteiger partial charge in [0.05, 0.1) is 4.29 Å². The Labute approximate surface area is 127 Å². The van der Waals surface area contributed by atoms with Crippen LogP contribution in [0, 0.1) is 0 Å². The lowest BCUT2D eigenvalue weighted by atomic mass is 10.1. The summed E-state index contributed by atoms with van der Waals surface area (Å²) in [7, 11) is 0.778. The first kappa shape index (κ1) is 19.9. The van der Waals surface area contributed by atoms with Crippen molar-refractivity contribution in [2.45, 2.75) is 62.1 Å². The van der Waals surface area contributed by atoms with Crippen LogP contribution in [0.1, 0.15) is 57.8 Å². The standard InChI is InChI=1S/C11H21BrCl2.ClH3Si/c12-11(14)9-7-5-3-1-2-4-6-8-10-13;1-2/h11H,1-10H2;2H3. The van der Waals surface area contributed by atoms with E-state index in [1.165, 1.54) is 51.4 Å². The van der Waals surface area contributed by atoms with Crippen molar-refractivity contribution < 1.29 is 0 Å². The molecular formula is C11H24BrCl3Si. The van der Waals surface area contributed by atoms with Crippen molar-refractivity contribution in [3.05, 3.63) is 0 Å². The SMILES string of the molecule is ClCCCCCCCCCCC(Cl)Br.[SiH3]Cl. The van der Waals surface area contributed by atoms with Crippen molar-refractivity contribution in [3.8, 4) is 0 Å². The van der Waals surface area contributed by atoms with E-state index in [1.54, 1.807) is 0 Å². The average Bonchev–Trinajstić information content (AvgIpc) is 2.29. The number of alkyl halides is 3. The first-order chi connectivity index (χ1) is 7.77. The number of rotatable bonds is 10. The van der Waals surface area contributed by atoms with E-state index < -0.39 is 0 Å². The molecule has 16 heavy (non-hydrogen) atoms. The summed E-state index contributed by atoms with van der Waals surface area (Å²) in [6.07, 6.45) is 11.6. The summed E-state index contributed by atoms with van der Waals surface area (Å²) in [5, 5.41) is 0. The lowest BCUT2D eigenvalue weighted by Gasteiger charge is -2.02. The minimum Gasteiger partial charge on any atom is -0.181 e. The predicted molar refractivity (Wildman–Crippen MR) is 86.6 cm³/mol. The summed E-state index contributed by atoms with van der Waals surface area (Å²) in [5.74, 6) is 0.822. The van der Waals surface area contributed by atoms with Gasteiger partial charge in [0.1, 0.15) is 9.55 Å². The van der Waals surface area contributed by atoms with Gasteiger partial charge in [-0.1, -0.05) is 60.9 Å². The molecule has 0 aliphatic carbocycles. The highest BCUT2D eigenvalue weighted by atomic mass is 79.9. The smallest absolute Gasteiger partial charge is 0.109 e. The van der Waals surface area contributed by atoms with Gasteiger partial charge in [-0.05, 0) is 12.8 Å². The Hall–Kier alpha value is 1.57. The molecule has 0 aliphatic rings. The summed E-state index contributed by atoms with van der Waals surface area (Å²) in [5.41, 5.74) is 0. The third-order valence-corrected chi connectivity index (χ3v) is 3.25. The van der Waals surface area contributed by atoms with Crippen molar-refractivity contribution >= 4 is 59.8 Å². The topological polar surface area (TPSA) is 0 Å². The van der Waals surface area contributed by atoms with Gasteiger partial charge in [-0.3, -0.25) is 0 Å². The van der Waals surface area contributed by atoms with Crippen molar-refractivity contribution in [1.29, 1.82) is 0 Å². The average molecular weight is 371 g/mol. The second-order valence-corrected chi connectivity index (χ2v) is 6.23. The molecule has 0 radical (unpaired) electrons. The Morgan fingerprint density at radius 2 is 1.19 bits per heavy atom. The summed E-state index contributed by atoms with van der Waals surface area (Å²) in [6, 6.07) is 0.